The summed E-state index contributed by atoms with van der Waals surface area (Å²) in [4.78, 5) is 0. The Labute approximate surface area is 141 Å². The molecule has 0 aromatic carbocycles. The Morgan fingerprint density at radius 3 is 2.52 bits per heavy atom. The predicted molar refractivity (Wildman–Crippen MR) is 93.4 cm³/mol. The van der Waals surface area contributed by atoms with Crippen LogP contribution in [0.5, 0.6) is 0 Å². The van der Waals surface area contributed by atoms with Gasteiger partial charge in [-0.25, -0.2) is 0 Å². The van der Waals surface area contributed by atoms with E-state index in [4.69, 9.17) is 4.74 Å². The first kappa shape index (κ1) is 16.6. The Morgan fingerprint density at radius 1 is 1.26 bits per heavy atom. The van der Waals surface area contributed by atoms with Gasteiger partial charge in [0.1, 0.15) is 11.9 Å². The Kier molecular flexibility index (Phi) is 3.71. The predicted octanol–water partition coefficient (Wildman–Crippen LogP) is 5.62. The summed E-state index contributed by atoms with van der Waals surface area (Å²) >= 11 is 0. The van der Waals surface area contributed by atoms with E-state index >= 15 is 0 Å². The average Bonchev–Trinajstić information content (AvgIpc) is 2.96. The minimum atomic E-state index is -0.399. The molecule has 3 aliphatic rings. The molecule has 0 aliphatic heterocycles. The van der Waals surface area contributed by atoms with E-state index in [0.717, 1.165) is 18.1 Å². The number of hydrogen-bond donors (Lipinski definition) is 0. The summed E-state index contributed by atoms with van der Waals surface area (Å²) in [7, 11) is 0. The van der Waals surface area contributed by atoms with Crippen LogP contribution in [-0.4, -0.2) is 6.10 Å². The maximum atomic E-state index is 9.62. The molecule has 2 bridgehead atoms. The van der Waals surface area contributed by atoms with Gasteiger partial charge in [-0.2, -0.15) is 5.26 Å². The fraction of sp³-hybridized carbons (Fsp3) is 0.762. The van der Waals surface area contributed by atoms with Gasteiger partial charge >= 0.3 is 0 Å². The van der Waals surface area contributed by atoms with Crippen molar-refractivity contribution in [1.29, 1.82) is 5.26 Å². The highest BCUT2D eigenvalue weighted by Gasteiger charge is 2.61. The largest absolute Gasteiger partial charge is 0.493 e. The summed E-state index contributed by atoms with van der Waals surface area (Å²) in [5, 5.41) is 9.62. The molecular formula is C21H31NO. The third-order valence-corrected chi connectivity index (χ3v) is 6.95. The quantitative estimate of drug-likeness (QED) is 0.677. The molecule has 0 aromatic rings. The lowest BCUT2D eigenvalue weighted by Gasteiger charge is -2.45. The second-order valence-corrected chi connectivity index (χ2v) is 9.59. The van der Waals surface area contributed by atoms with Crippen LogP contribution in [0.3, 0.4) is 0 Å². The molecule has 0 amide bonds. The van der Waals surface area contributed by atoms with Crippen LogP contribution < -0.4 is 0 Å². The molecule has 2 fully saturated rings. The number of hydrogen-bond acceptors (Lipinski definition) is 2. The number of nitriles is 1. The van der Waals surface area contributed by atoms with Gasteiger partial charge in [0.15, 0.2) is 0 Å². The molecule has 2 saturated carbocycles. The van der Waals surface area contributed by atoms with Crippen molar-refractivity contribution in [3.63, 3.8) is 0 Å². The van der Waals surface area contributed by atoms with Crippen LogP contribution in [0.1, 0.15) is 67.2 Å². The van der Waals surface area contributed by atoms with Gasteiger partial charge in [0.25, 0.3) is 0 Å². The molecule has 0 heterocycles. The Morgan fingerprint density at radius 2 is 1.96 bits per heavy atom. The lowest BCUT2D eigenvalue weighted by atomic mass is 9.69. The van der Waals surface area contributed by atoms with Crippen LogP contribution in [0.15, 0.2) is 23.5 Å². The first-order valence-corrected chi connectivity index (χ1v) is 9.05. The van der Waals surface area contributed by atoms with E-state index in [0.29, 0.717) is 5.41 Å². The maximum Gasteiger partial charge on any atom is 0.109 e. The zero-order chi connectivity index (χ0) is 17.0. The molecule has 3 rings (SSSR count). The van der Waals surface area contributed by atoms with Crippen molar-refractivity contribution in [2.24, 2.45) is 28.1 Å². The summed E-state index contributed by atoms with van der Waals surface area (Å²) in [5.41, 5.74) is 1.46. The standard InChI is InChI=1S/C21H31NO/c1-14-7-8-17(16(11-14)19(2,3)13-22)23-18-20(4,5)15-9-10-21(18,6)12-15/h7-8,15-16,18H,9-12H2,1-6H3/t15-,16?,18-,21+/m0/s1. The normalized spacial score (nSPS) is 38.7. The fourth-order valence-electron chi connectivity index (χ4n) is 5.33. The van der Waals surface area contributed by atoms with E-state index in [1.54, 1.807) is 0 Å². The van der Waals surface area contributed by atoms with Crippen molar-refractivity contribution in [3.05, 3.63) is 23.5 Å². The fourth-order valence-corrected chi connectivity index (χ4v) is 5.33. The monoisotopic (exact) mass is 313 g/mol. The van der Waals surface area contributed by atoms with Gasteiger partial charge in [0.05, 0.1) is 11.5 Å². The Bertz CT molecular complexity index is 599. The van der Waals surface area contributed by atoms with Crippen LogP contribution in [0.25, 0.3) is 0 Å². The second kappa shape index (κ2) is 5.13. The molecule has 0 saturated heterocycles. The summed E-state index contributed by atoms with van der Waals surface area (Å²) in [6.07, 6.45) is 9.41. The van der Waals surface area contributed by atoms with Crippen molar-refractivity contribution in [2.45, 2.75) is 73.3 Å². The number of ether oxygens (including phenoxy) is 1. The maximum absolute atomic E-state index is 9.62. The summed E-state index contributed by atoms with van der Waals surface area (Å²) in [6, 6.07) is 2.50. The highest BCUT2D eigenvalue weighted by molar-refractivity contribution is 5.27. The van der Waals surface area contributed by atoms with E-state index in [-0.39, 0.29) is 17.4 Å². The molecule has 4 atom stereocenters. The van der Waals surface area contributed by atoms with Crippen LogP contribution in [0.2, 0.25) is 0 Å². The molecule has 2 nitrogen and oxygen atoms in total. The van der Waals surface area contributed by atoms with Crippen molar-refractivity contribution in [3.8, 4) is 6.07 Å². The first-order valence-electron chi connectivity index (χ1n) is 9.05. The molecule has 0 radical (unpaired) electrons. The Hall–Kier alpha value is -1.23. The number of rotatable bonds is 3. The summed E-state index contributed by atoms with van der Waals surface area (Å²) in [5.74, 6) is 1.98. The smallest absolute Gasteiger partial charge is 0.109 e. The van der Waals surface area contributed by atoms with Gasteiger partial charge in [0, 0.05) is 16.7 Å². The third kappa shape index (κ3) is 2.53. The van der Waals surface area contributed by atoms with Crippen LogP contribution in [-0.2, 0) is 4.74 Å². The van der Waals surface area contributed by atoms with E-state index < -0.39 is 5.41 Å². The lowest BCUT2D eigenvalue weighted by Crippen LogP contribution is -2.43. The van der Waals surface area contributed by atoms with Crippen molar-refractivity contribution >= 4 is 0 Å². The van der Waals surface area contributed by atoms with Gasteiger partial charge in [-0.1, -0.05) is 32.4 Å². The average molecular weight is 313 g/mol. The Balaban J connectivity index is 1.90. The van der Waals surface area contributed by atoms with Gasteiger partial charge in [-0.05, 0) is 58.4 Å². The van der Waals surface area contributed by atoms with Gasteiger partial charge in [0.2, 0.25) is 0 Å². The van der Waals surface area contributed by atoms with Crippen LogP contribution in [0.4, 0.5) is 0 Å². The molecule has 0 N–H and O–H groups in total. The third-order valence-electron chi connectivity index (χ3n) is 6.95. The minimum absolute atomic E-state index is 0.163. The molecule has 0 spiro atoms. The molecule has 23 heavy (non-hydrogen) atoms. The highest BCUT2D eigenvalue weighted by atomic mass is 16.5. The number of nitrogens with zero attached hydrogens (tertiary/aromatic N) is 1. The molecule has 1 unspecified atom stereocenters. The van der Waals surface area contributed by atoms with Crippen molar-refractivity contribution in [1.82, 2.24) is 0 Å². The number of allylic oxidation sites excluding steroid dienone is 4. The minimum Gasteiger partial charge on any atom is -0.493 e. The zero-order valence-electron chi connectivity index (χ0n) is 15.6. The van der Waals surface area contributed by atoms with Gasteiger partial charge < -0.3 is 4.74 Å². The van der Waals surface area contributed by atoms with Gasteiger partial charge in [-0.3, -0.25) is 0 Å². The molecule has 0 aromatic heterocycles. The number of fused-ring (bicyclic) bond motifs is 2. The van der Waals surface area contributed by atoms with E-state index in [1.165, 1.54) is 24.8 Å². The first-order chi connectivity index (χ1) is 10.6. The topological polar surface area (TPSA) is 33.0 Å². The van der Waals surface area contributed by atoms with E-state index in [2.05, 4.69) is 45.9 Å². The van der Waals surface area contributed by atoms with Crippen LogP contribution in [0, 0.1) is 39.4 Å². The summed E-state index contributed by atoms with van der Waals surface area (Å²) in [6.45, 7) is 13.4. The second-order valence-electron chi connectivity index (χ2n) is 9.59. The highest BCUT2D eigenvalue weighted by Crippen LogP contribution is 2.64. The van der Waals surface area contributed by atoms with Crippen molar-refractivity contribution in [2.75, 3.05) is 0 Å². The summed E-state index contributed by atoms with van der Waals surface area (Å²) < 4.78 is 6.72. The van der Waals surface area contributed by atoms with Crippen molar-refractivity contribution < 1.29 is 4.74 Å². The zero-order valence-corrected chi connectivity index (χ0v) is 15.6. The molecule has 3 aliphatic carbocycles. The molecular weight excluding hydrogens is 282 g/mol. The van der Waals surface area contributed by atoms with E-state index in [9.17, 15) is 5.26 Å². The molecule has 126 valence electrons. The van der Waals surface area contributed by atoms with E-state index in [1.807, 2.05) is 13.8 Å². The SMILES string of the molecule is CC1=CC=C(O[C@H]2C(C)(C)[C@H]3CC[C@]2(C)C3)C(C(C)(C)C#N)C1. The van der Waals surface area contributed by atoms with Gasteiger partial charge in [-0.15, -0.1) is 0 Å². The lowest BCUT2D eigenvalue weighted by molar-refractivity contribution is -0.0702. The molecule has 2 heteroatoms. The van der Waals surface area contributed by atoms with Crippen LogP contribution >= 0.6 is 0 Å².